The molecule has 2 N–H and O–H groups in total. The summed E-state index contributed by atoms with van der Waals surface area (Å²) in [6.45, 7) is 4.38. The molecule has 0 unspecified atom stereocenters. The quantitative estimate of drug-likeness (QED) is 0.823. The number of nitrogens with zero attached hydrogens (tertiary/aromatic N) is 3. The number of nitrogen functional groups attached to an aromatic ring is 1. The minimum Gasteiger partial charge on any atom is -0.444 e. The van der Waals surface area contributed by atoms with Gasteiger partial charge in [-0.25, -0.2) is 13.9 Å². The number of nitrogens with two attached hydrogens (primary N) is 1. The number of carbonyl (C=O) groups is 1. The van der Waals surface area contributed by atoms with Gasteiger partial charge in [-0.3, -0.25) is 0 Å². The number of aromatic nitrogens is 2. The number of ether oxygens (including phenoxy) is 2. The molecule has 0 bridgehead atoms. The van der Waals surface area contributed by atoms with E-state index in [0.717, 1.165) is 12.1 Å². The summed E-state index contributed by atoms with van der Waals surface area (Å²) in [6, 6.07) is 3.06. The molecule has 0 aliphatic carbocycles. The Bertz CT molecular complexity index is 924. The molecule has 1 aliphatic heterocycles. The summed E-state index contributed by atoms with van der Waals surface area (Å²) in [5, 5.41) is 4.44. The number of carbonyl (C=O) groups excluding carboxylic acids is 1. The minimum absolute atomic E-state index is 0.232. The van der Waals surface area contributed by atoms with Crippen molar-refractivity contribution >= 4 is 11.9 Å². The van der Waals surface area contributed by atoms with Crippen LogP contribution < -0.4 is 10.5 Å². The van der Waals surface area contributed by atoms with E-state index >= 15 is 0 Å². The SMILES string of the molecule is C[C@H]1c2c(nn(-c3ccc(F)c(OC(F)F)c3)c2N)CCN1C(=O)OC(C)(C)C. The Balaban J connectivity index is 1.94. The van der Waals surface area contributed by atoms with Gasteiger partial charge < -0.3 is 20.1 Å². The third kappa shape index (κ3) is 4.25. The smallest absolute Gasteiger partial charge is 0.410 e. The predicted molar refractivity (Wildman–Crippen MR) is 99.6 cm³/mol. The van der Waals surface area contributed by atoms with Gasteiger partial charge in [-0.15, -0.1) is 0 Å². The van der Waals surface area contributed by atoms with Crippen LogP contribution in [0.5, 0.6) is 5.75 Å². The van der Waals surface area contributed by atoms with Crippen molar-refractivity contribution in [1.82, 2.24) is 14.7 Å². The Kier molecular flexibility index (Phi) is 5.38. The lowest BCUT2D eigenvalue weighted by atomic mass is 10.00. The van der Waals surface area contributed by atoms with Gasteiger partial charge in [-0.2, -0.15) is 13.9 Å². The van der Waals surface area contributed by atoms with Gasteiger partial charge in [0, 0.05) is 24.6 Å². The maximum atomic E-state index is 13.7. The van der Waals surface area contributed by atoms with Gasteiger partial charge in [0.05, 0.1) is 17.4 Å². The lowest BCUT2D eigenvalue weighted by Crippen LogP contribution is -2.42. The zero-order valence-electron chi connectivity index (χ0n) is 16.6. The molecule has 1 aliphatic rings. The first-order valence-corrected chi connectivity index (χ1v) is 9.09. The van der Waals surface area contributed by atoms with Crippen LogP contribution in [-0.2, 0) is 11.2 Å². The second-order valence-electron chi connectivity index (χ2n) is 7.75. The van der Waals surface area contributed by atoms with Gasteiger partial charge in [0.2, 0.25) is 0 Å². The maximum Gasteiger partial charge on any atom is 0.410 e. The van der Waals surface area contributed by atoms with Gasteiger partial charge in [-0.1, -0.05) is 0 Å². The average molecular weight is 412 g/mol. The Morgan fingerprint density at radius 1 is 1.34 bits per heavy atom. The molecule has 29 heavy (non-hydrogen) atoms. The third-order valence-corrected chi connectivity index (χ3v) is 4.51. The van der Waals surface area contributed by atoms with Crippen LogP contribution in [0.15, 0.2) is 18.2 Å². The van der Waals surface area contributed by atoms with E-state index in [4.69, 9.17) is 10.5 Å². The summed E-state index contributed by atoms with van der Waals surface area (Å²) >= 11 is 0. The summed E-state index contributed by atoms with van der Waals surface area (Å²) < 4.78 is 49.7. The van der Waals surface area contributed by atoms with Gasteiger partial charge in [0.25, 0.3) is 0 Å². The number of hydrogen-bond donors (Lipinski definition) is 1. The number of hydrogen-bond acceptors (Lipinski definition) is 5. The first-order chi connectivity index (χ1) is 13.5. The zero-order valence-corrected chi connectivity index (χ0v) is 16.6. The molecule has 1 atom stereocenters. The monoisotopic (exact) mass is 412 g/mol. The van der Waals surface area contributed by atoms with Crippen LogP contribution in [0.25, 0.3) is 5.69 Å². The van der Waals surface area contributed by atoms with Crippen LogP contribution in [0.4, 0.5) is 23.8 Å². The number of fused-ring (bicyclic) bond motifs is 1. The zero-order chi connectivity index (χ0) is 21.5. The molecule has 7 nitrogen and oxygen atoms in total. The molecule has 0 saturated carbocycles. The number of rotatable bonds is 3. The van der Waals surface area contributed by atoms with Crippen molar-refractivity contribution in [3.63, 3.8) is 0 Å². The average Bonchev–Trinajstić information content (AvgIpc) is 2.92. The Morgan fingerprint density at radius 2 is 2.03 bits per heavy atom. The second-order valence-corrected chi connectivity index (χ2v) is 7.75. The molecule has 1 aromatic carbocycles. The number of halogens is 3. The van der Waals surface area contributed by atoms with Crippen LogP contribution in [0.1, 0.15) is 45.0 Å². The van der Waals surface area contributed by atoms with Crippen molar-refractivity contribution in [1.29, 1.82) is 0 Å². The fourth-order valence-electron chi connectivity index (χ4n) is 3.28. The molecule has 1 amide bonds. The number of anilines is 1. The largest absolute Gasteiger partial charge is 0.444 e. The van der Waals surface area contributed by atoms with Crippen molar-refractivity contribution < 1.29 is 27.4 Å². The molecule has 2 aromatic rings. The van der Waals surface area contributed by atoms with E-state index in [1.807, 2.05) is 0 Å². The number of amides is 1. The molecular weight excluding hydrogens is 389 g/mol. The van der Waals surface area contributed by atoms with E-state index < -0.39 is 35.9 Å². The van der Waals surface area contributed by atoms with E-state index in [1.165, 1.54) is 10.7 Å². The summed E-state index contributed by atoms with van der Waals surface area (Å²) in [5.41, 5.74) is 7.21. The molecule has 0 radical (unpaired) electrons. The molecule has 10 heteroatoms. The van der Waals surface area contributed by atoms with Crippen molar-refractivity contribution in [3.8, 4) is 11.4 Å². The van der Waals surface area contributed by atoms with E-state index in [0.29, 0.717) is 24.2 Å². The molecule has 1 aromatic heterocycles. The second kappa shape index (κ2) is 7.49. The normalized spacial score (nSPS) is 16.7. The van der Waals surface area contributed by atoms with Crippen molar-refractivity contribution in [2.75, 3.05) is 12.3 Å². The summed E-state index contributed by atoms with van der Waals surface area (Å²) in [6.07, 6.45) is -0.0188. The molecule has 0 spiro atoms. The first kappa shape index (κ1) is 20.8. The van der Waals surface area contributed by atoms with E-state index in [-0.39, 0.29) is 11.5 Å². The third-order valence-electron chi connectivity index (χ3n) is 4.51. The number of alkyl halides is 2. The van der Waals surface area contributed by atoms with E-state index in [1.54, 1.807) is 32.6 Å². The van der Waals surface area contributed by atoms with Crippen LogP contribution in [0.2, 0.25) is 0 Å². The van der Waals surface area contributed by atoms with Crippen LogP contribution in [-0.4, -0.2) is 39.5 Å². The van der Waals surface area contributed by atoms with E-state index in [9.17, 15) is 18.0 Å². The Hall–Kier alpha value is -2.91. The highest BCUT2D eigenvalue weighted by atomic mass is 19.3. The van der Waals surface area contributed by atoms with Crippen molar-refractivity contribution in [2.24, 2.45) is 0 Å². The molecule has 0 fully saturated rings. The lowest BCUT2D eigenvalue weighted by molar-refractivity contribution is -0.0521. The van der Waals surface area contributed by atoms with Gasteiger partial charge in [0.15, 0.2) is 11.6 Å². The molecule has 2 heterocycles. The van der Waals surface area contributed by atoms with Crippen LogP contribution in [0, 0.1) is 5.82 Å². The summed E-state index contributed by atoms with van der Waals surface area (Å²) in [5.74, 6) is -1.29. The molecule has 158 valence electrons. The Morgan fingerprint density at radius 3 is 2.66 bits per heavy atom. The summed E-state index contributed by atoms with van der Waals surface area (Å²) in [4.78, 5) is 14.1. The molecule has 0 saturated heterocycles. The van der Waals surface area contributed by atoms with Crippen molar-refractivity contribution in [2.45, 2.75) is 52.4 Å². The fraction of sp³-hybridized carbons (Fsp3) is 0.474. The predicted octanol–water partition coefficient (Wildman–Crippen LogP) is 4.05. The topological polar surface area (TPSA) is 82.6 Å². The minimum atomic E-state index is -3.16. The first-order valence-electron chi connectivity index (χ1n) is 9.09. The summed E-state index contributed by atoms with van der Waals surface area (Å²) in [7, 11) is 0. The molecular formula is C19H23F3N4O3. The van der Waals surface area contributed by atoms with Gasteiger partial charge in [0.1, 0.15) is 11.4 Å². The molecule has 3 rings (SSSR count). The van der Waals surface area contributed by atoms with E-state index in [2.05, 4.69) is 9.84 Å². The standard InChI is InChI=1S/C19H23F3N4O3/c1-10-15-13(7-8-25(10)18(27)29-19(2,3)4)24-26(16(15)23)11-5-6-12(20)14(9-11)28-17(21)22/h5-6,9-10,17H,7-8,23H2,1-4H3/t10-/m0/s1. The fourth-order valence-corrected chi connectivity index (χ4v) is 3.28. The van der Waals surface area contributed by atoms with Gasteiger partial charge >= 0.3 is 12.7 Å². The maximum absolute atomic E-state index is 13.7. The lowest BCUT2D eigenvalue weighted by Gasteiger charge is -2.34. The number of benzene rings is 1. The van der Waals surface area contributed by atoms with Crippen LogP contribution >= 0.6 is 0 Å². The highest BCUT2D eigenvalue weighted by Crippen LogP contribution is 2.36. The highest BCUT2D eigenvalue weighted by Gasteiger charge is 2.35. The van der Waals surface area contributed by atoms with Crippen LogP contribution in [0.3, 0.4) is 0 Å². The highest BCUT2D eigenvalue weighted by molar-refractivity contribution is 5.70. The van der Waals surface area contributed by atoms with Gasteiger partial charge in [-0.05, 0) is 39.8 Å². The van der Waals surface area contributed by atoms with Crippen molar-refractivity contribution in [3.05, 3.63) is 35.3 Å². The Labute approximate surface area is 166 Å².